The second-order valence-corrected chi connectivity index (χ2v) is 4.84. The van der Waals surface area contributed by atoms with E-state index in [2.05, 4.69) is 0 Å². The molecule has 0 saturated carbocycles. The van der Waals surface area contributed by atoms with Gasteiger partial charge in [0.2, 0.25) is 0 Å². The maximum Gasteiger partial charge on any atom is 0.328 e. The van der Waals surface area contributed by atoms with Crippen LogP contribution in [-0.4, -0.2) is 43.1 Å². The number of hydrogen-bond donors (Lipinski definition) is 0. The normalized spacial score (nSPS) is 18.2. The molecule has 5 nitrogen and oxygen atoms in total. The Kier molecular flexibility index (Phi) is 5.14. The van der Waals surface area contributed by atoms with Gasteiger partial charge in [-0.05, 0) is 31.4 Å². The minimum atomic E-state index is -0.569. The van der Waals surface area contributed by atoms with Gasteiger partial charge in [0, 0.05) is 6.54 Å². The smallest absolute Gasteiger partial charge is 0.328 e. The number of hydrogen-bond acceptors (Lipinski definition) is 4. The quantitative estimate of drug-likeness (QED) is 0.794. The molecule has 0 radical (unpaired) electrons. The van der Waals surface area contributed by atoms with Crippen LogP contribution in [0, 0.1) is 5.82 Å². The summed E-state index contributed by atoms with van der Waals surface area (Å²) in [6.07, 6.45) is 2.29. The van der Waals surface area contributed by atoms with Crippen LogP contribution in [0.25, 0.3) is 0 Å². The average molecular weight is 295 g/mol. The molecule has 1 saturated heterocycles. The summed E-state index contributed by atoms with van der Waals surface area (Å²) in [5, 5.41) is 0. The van der Waals surface area contributed by atoms with Crippen molar-refractivity contribution in [1.82, 2.24) is 4.90 Å². The number of benzene rings is 1. The molecule has 114 valence electrons. The van der Waals surface area contributed by atoms with Crippen molar-refractivity contribution >= 4 is 11.9 Å². The molecule has 1 fully saturated rings. The Morgan fingerprint density at radius 2 is 2.10 bits per heavy atom. The lowest BCUT2D eigenvalue weighted by Gasteiger charge is -2.33. The zero-order valence-corrected chi connectivity index (χ0v) is 11.9. The Morgan fingerprint density at radius 3 is 2.81 bits per heavy atom. The number of halogens is 1. The van der Waals surface area contributed by atoms with E-state index < -0.39 is 17.8 Å². The van der Waals surface area contributed by atoms with E-state index in [1.165, 1.54) is 24.1 Å². The fourth-order valence-electron chi connectivity index (χ4n) is 2.40. The summed E-state index contributed by atoms with van der Waals surface area (Å²) in [4.78, 5) is 25.3. The van der Waals surface area contributed by atoms with Crippen LogP contribution in [0.3, 0.4) is 0 Å². The summed E-state index contributed by atoms with van der Waals surface area (Å²) in [6.45, 7) is 0.188. The molecular formula is C15H18FNO4. The number of para-hydroxylation sites is 1. The standard InChI is InChI=1S/C15H18FNO4/c1-20-15(19)12-7-4-5-9-17(12)14(18)10-21-13-8-3-2-6-11(13)16/h2-3,6,8,12H,4-5,7,9-10H2,1H3. The molecule has 0 spiro atoms. The van der Waals surface area contributed by atoms with Crippen molar-refractivity contribution in [2.24, 2.45) is 0 Å². The second-order valence-electron chi connectivity index (χ2n) is 4.84. The molecule has 0 aromatic heterocycles. The molecule has 0 aliphatic carbocycles. The number of esters is 1. The Hall–Kier alpha value is -2.11. The number of amides is 1. The Morgan fingerprint density at radius 1 is 1.33 bits per heavy atom. The number of nitrogens with zero attached hydrogens (tertiary/aromatic N) is 1. The van der Waals surface area contributed by atoms with Gasteiger partial charge in [-0.1, -0.05) is 12.1 Å². The van der Waals surface area contributed by atoms with Crippen LogP contribution in [0.1, 0.15) is 19.3 Å². The summed E-state index contributed by atoms with van der Waals surface area (Å²) < 4.78 is 23.3. The lowest BCUT2D eigenvalue weighted by atomic mass is 10.0. The van der Waals surface area contributed by atoms with Gasteiger partial charge in [0.1, 0.15) is 6.04 Å². The van der Waals surface area contributed by atoms with Gasteiger partial charge in [-0.25, -0.2) is 9.18 Å². The lowest BCUT2D eigenvalue weighted by Crippen LogP contribution is -2.50. The molecule has 1 aromatic carbocycles. The second kappa shape index (κ2) is 7.06. The van der Waals surface area contributed by atoms with Crippen molar-refractivity contribution in [2.75, 3.05) is 20.3 Å². The number of carbonyl (C=O) groups excluding carboxylic acids is 2. The van der Waals surface area contributed by atoms with Crippen LogP contribution in [0.4, 0.5) is 4.39 Å². The van der Waals surface area contributed by atoms with Crippen LogP contribution in [0.15, 0.2) is 24.3 Å². The molecular weight excluding hydrogens is 277 g/mol. The highest BCUT2D eigenvalue weighted by Crippen LogP contribution is 2.19. The lowest BCUT2D eigenvalue weighted by molar-refractivity contribution is -0.155. The number of rotatable bonds is 4. The Bertz CT molecular complexity index is 520. The largest absolute Gasteiger partial charge is 0.481 e. The fraction of sp³-hybridized carbons (Fsp3) is 0.467. The van der Waals surface area contributed by atoms with Gasteiger partial charge >= 0.3 is 5.97 Å². The van der Waals surface area contributed by atoms with Crippen molar-refractivity contribution in [1.29, 1.82) is 0 Å². The van der Waals surface area contributed by atoms with Crippen LogP contribution in [-0.2, 0) is 14.3 Å². The highest BCUT2D eigenvalue weighted by molar-refractivity contribution is 5.85. The Labute approximate surface area is 122 Å². The molecule has 1 aliphatic heterocycles. The van der Waals surface area contributed by atoms with Crippen molar-refractivity contribution in [3.63, 3.8) is 0 Å². The summed E-state index contributed by atoms with van der Waals surface area (Å²) in [5.74, 6) is -1.26. The molecule has 1 aromatic rings. The first-order valence-corrected chi connectivity index (χ1v) is 6.88. The molecule has 0 N–H and O–H groups in total. The molecule has 1 amide bonds. The van der Waals surface area contributed by atoms with E-state index in [4.69, 9.17) is 9.47 Å². The molecule has 1 atom stereocenters. The fourth-order valence-corrected chi connectivity index (χ4v) is 2.40. The van der Waals surface area contributed by atoms with E-state index >= 15 is 0 Å². The zero-order chi connectivity index (χ0) is 15.2. The summed E-state index contributed by atoms with van der Waals surface area (Å²) in [6, 6.07) is 5.32. The molecule has 1 aliphatic rings. The van der Waals surface area contributed by atoms with E-state index in [1.807, 2.05) is 0 Å². The summed E-state index contributed by atoms with van der Waals surface area (Å²) >= 11 is 0. The number of likely N-dealkylation sites (tertiary alicyclic amines) is 1. The third-order valence-electron chi connectivity index (χ3n) is 3.48. The van der Waals surface area contributed by atoms with Crippen LogP contribution < -0.4 is 4.74 Å². The first-order chi connectivity index (χ1) is 10.1. The molecule has 1 unspecified atom stereocenters. The van der Waals surface area contributed by atoms with E-state index in [-0.39, 0.29) is 18.3 Å². The van der Waals surface area contributed by atoms with Crippen LogP contribution in [0.2, 0.25) is 0 Å². The SMILES string of the molecule is COC(=O)C1CCCCN1C(=O)COc1ccccc1F. The topological polar surface area (TPSA) is 55.8 Å². The number of ether oxygens (including phenoxy) is 2. The van der Waals surface area contributed by atoms with Gasteiger partial charge < -0.3 is 14.4 Å². The predicted molar refractivity (Wildman–Crippen MR) is 73.3 cm³/mol. The minimum absolute atomic E-state index is 0.0254. The van der Waals surface area contributed by atoms with Crippen LogP contribution >= 0.6 is 0 Å². The monoisotopic (exact) mass is 295 g/mol. The third-order valence-corrected chi connectivity index (χ3v) is 3.48. The van der Waals surface area contributed by atoms with Gasteiger partial charge in [0.25, 0.3) is 5.91 Å². The Balaban J connectivity index is 1.98. The summed E-state index contributed by atoms with van der Waals surface area (Å²) in [7, 11) is 1.30. The highest BCUT2D eigenvalue weighted by atomic mass is 19.1. The van der Waals surface area contributed by atoms with Crippen molar-refractivity contribution < 1.29 is 23.5 Å². The minimum Gasteiger partial charge on any atom is -0.481 e. The maximum absolute atomic E-state index is 13.4. The molecule has 1 heterocycles. The average Bonchev–Trinajstić information content (AvgIpc) is 2.53. The number of carbonyl (C=O) groups is 2. The van der Waals surface area contributed by atoms with Gasteiger partial charge in [0.15, 0.2) is 18.2 Å². The van der Waals surface area contributed by atoms with Gasteiger partial charge in [-0.2, -0.15) is 0 Å². The van der Waals surface area contributed by atoms with E-state index in [9.17, 15) is 14.0 Å². The first kappa shape index (κ1) is 15.3. The van der Waals surface area contributed by atoms with Gasteiger partial charge in [-0.15, -0.1) is 0 Å². The van der Waals surface area contributed by atoms with Crippen molar-refractivity contribution in [3.8, 4) is 5.75 Å². The van der Waals surface area contributed by atoms with E-state index in [1.54, 1.807) is 12.1 Å². The number of methoxy groups -OCH3 is 1. The van der Waals surface area contributed by atoms with Gasteiger partial charge in [0.05, 0.1) is 7.11 Å². The molecule has 21 heavy (non-hydrogen) atoms. The maximum atomic E-state index is 13.4. The number of piperidine rings is 1. The van der Waals surface area contributed by atoms with Crippen molar-refractivity contribution in [2.45, 2.75) is 25.3 Å². The highest BCUT2D eigenvalue weighted by Gasteiger charge is 2.32. The summed E-state index contributed by atoms with van der Waals surface area (Å²) in [5.41, 5.74) is 0. The molecule has 0 bridgehead atoms. The van der Waals surface area contributed by atoms with Gasteiger partial charge in [-0.3, -0.25) is 4.79 Å². The van der Waals surface area contributed by atoms with Crippen LogP contribution in [0.5, 0.6) is 5.75 Å². The molecule has 2 rings (SSSR count). The third kappa shape index (κ3) is 3.71. The molecule has 6 heteroatoms. The van der Waals surface area contributed by atoms with E-state index in [0.29, 0.717) is 13.0 Å². The zero-order valence-electron chi connectivity index (χ0n) is 11.9. The van der Waals surface area contributed by atoms with E-state index in [0.717, 1.165) is 12.8 Å². The predicted octanol–water partition coefficient (Wildman–Crippen LogP) is 1.76. The van der Waals surface area contributed by atoms with Crippen molar-refractivity contribution in [3.05, 3.63) is 30.1 Å². The first-order valence-electron chi connectivity index (χ1n) is 6.88.